The van der Waals surface area contributed by atoms with Gasteiger partial charge in [0.1, 0.15) is 17.2 Å². The molecule has 0 unspecified atom stereocenters. The average molecular weight is 468 g/mol. The summed E-state index contributed by atoms with van der Waals surface area (Å²) in [5.41, 5.74) is 1.13. The zero-order valence-corrected chi connectivity index (χ0v) is 17.9. The summed E-state index contributed by atoms with van der Waals surface area (Å²) in [7, 11) is 1.80. The first-order chi connectivity index (χ1) is 16.2. The Bertz CT molecular complexity index is 1320. The second kappa shape index (κ2) is 9.26. The topological polar surface area (TPSA) is 89.3 Å². The maximum atomic E-state index is 12.7. The molecule has 10 heteroatoms. The average Bonchev–Trinajstić information content (AvgIpc) is 3.25. The van der Waals surface area contributed by atoms with Gasteiger partial charge in [0.15, 0.2) is 0 Å². The Morgan fingerprint density at radius 1 is 1.09 bits per heavy atom. The Morgan fingerprint density at radius 2 is 1.82 bits per heavy atom. The molecular weight excluding hydrogens is 449 g/mol. The van der Waals surface area contributed by atoms with Crippen LogP contribution in [-0.4, -0.2) is 25.8 Å². The van der Waals surface area contributed by atoms with Crippen LogP contribution < -0.4 is 10.1 Å². The van der Waals surface area contributed by atoms with Gasteiger partial charge < -0.3 is 15.2 Å². The Morgan fingerprint density at radius 3 is 2.50 bits per heavy atom. The Kier molecular flexibility index (Phi) is 6.22. The molecule has 0 fully saturated rings. The van der Waals surface area contributed by atoms with E-state index in [9.17, 15) is 23.1 Å². The van der Waals surface area contributed by atoms with Crippen molar-refractivity contribution >= 4 is 5.91 Å². The van der Waals surface area contributed by atoms with Gasteiger partial charge in [-0.2, -0.15) is 18.3 Å². The molecule has 0 saturated carbocycles. The van der Waals surface area contributed by atoms with Crippen molar-refractivity contribution in [1.29, 1.82) is 0 Å². The number of benzene rings is 2. The highest BCUT2D eigenvalue weighted by molar-refractivity contribution is 5.97. The number of aromatic hydroxyl groups is 1. The molecule has 0 spiro atoms. The smallest absolute Gasteiger partial charge is 0.416 e. The molecule has 2 aromatic carbocycles. The predicted molar refractivity (Wildman–Crippen MR) is 117 cm³/mol. The molecule has 0 aliphatic carbocycles. The van der Waals surface area contributed by atoms with Crippen LogP contribution in [0.3, 0.4) is 0 Å². The van der Waals surface area contributed by atoms with Gasteiger partial charge in [-0.1, -0.05) is 12.1 Å². The summed E-state index contributed by atoms with van der Waals surface area (Å²) < 4.78 is 45.5. The number of pyridine rings is 1. The van der Waals surface area contributed by atoms with E-state index in [1.807, 2.05) is 6.20 Å². The summed E-state index contributed by atoms with van der Waals surface area (Å²) in [4.78, 5) is 16.9. The largest absolute Gasteiger partial charge is 0.507 e. The first-order valence-electron chi connectivity index (χ1n) is 10.1. The summed E-state index contributed by atoms with van der Waals surface area (Å²) in [5, 5.41) is 16.8. The molecule has 34 heavy (non-hydrogen) atoms. The number of amides is 1. The van der Waals surface area contributed by atoms with Crippen molar-refractivity contribution in [3.63, 3.8) is 0 Å². The van der Waals surface area contributed by atoms with E-state index in [0.717, 1.165) is 17.7 Å². The number of carbonyl (C=O) groups excluding carboxylic acids is 1. The molecule has 2 aromatic heterocycles. The van der Waals surface area contributed by atoms with E-state index in [4.69, 9.17) is 4.74 Å². The molecule has 0 aliphatic rings. The minimum Gasteiger partial charge on any atom is -0.507 e. The highest BCUT2D eigenvalue weighted by Crippen LogP contribution is 2.30. The quantitative estimate of drug-likeness (QED) is 0.419. The number of nitrogens with zero attached hydrogens (tertiary/aromatic N) is 3. The number of nitrogens with one attached hydrogen (secondary N) is 1. The predicted octanol–water partition coefficient (Wildman–Crippen LogP) is 4.93. The summed E-state index contributed by atoms with van der Waals surface area (Å²) in [6, 6.07) is 12.0. The molecule has 2 N–H and O–H groups in total. The number of carbonyl (C=O) groups is 1. The summed E-state index contributed by atoms with van der Waals surface area (Å²) >= 11 is 0. The van der Waals surface area contributed by atoms with E-state index in [-0.39, 0.29) is 17.9 Å². The molecule has 0 saturated heterocycles. The lowest BCUT2D eigenvalue weighted by Crippen LogP contribution is -2.23. The number of halogens is 3. The SMILES string of the molecule is Cn1cc(-c2cc(Oc3ccc(O)c(C(=O)NCc4ccc(C(F)(F)F)cc4)c3)ccn2)cn1. The zero-order valence-electron chi connectivity index (χ0n) is 17.9. The molecule has 1 amide bonds. The van der Waals surface area contributed by atoms with Crippen molar-refractivity contribution in [1.82, 2.24) is 20.1 Å². The van der Waals surface area contributed by atoms with E-state index in [0.29, 0.717) is 22.8 Å². The van der Waals surface area contributed by atoms with Gasteiger partial charge in [0.2, 0.25) is 0 Å². The molecular formula is C24H19F3N4O3. The first-order valence-corrected chi connectivity index (χ1v) is 10.1. The normalized spacial score (nSPS) is 11.3. The number of hydrogen-bond donors (Lipinski definition) is 2. The van der Waals surface area contributed by atoms with E-state index in [1.54, 1.807) is 36.3 Å². The summed E-state index contributed by atoms with van der Waals surface area (Å²) in [6.45, 7) is -0.0136. The van der Waals surface area contributed by atoms with Crippen LogP contribution in [0.2, 0.25) is 0 Å². The summed E-state index contributed by atoms with van der Waals surface area (Å²) in [6.07, 6.45) is 0.634. The molecule has 0 radical (unpaired) electrons. The molecule has 4 rings (SSSR count). The molecule has 0 bridgehead atoms. The highest BCUT2D eigenvalue weighted by atomic mass is 19.4. The zero-order chi connectivity index (χ0) is 24.3. The van der Waals surface area contributed by atoms with Crippen molar-refractivity contribution < 1.29 is 27.8 Å². The number of aromatic nitrogens is 3. The van der Waals surface area contributed by atoms with Crippen molar-refractivity contribution in [2.45, 2.75) is 12.7 Å². The van der Waals surface area contributed by atoms with Gasteiger partial charge in [-0.15, -0.1) is 0 Å². The minimum atomic E-state index is -4.43. The third-order valence-corrected chi connectivity index (χ3v) is 4.91. The number of rotatable bonds is 6. The third kappa shape index (κ3) is 5.34. The second-order valence-electron chi connectivity index (χ2n) is 7.44. The lowest BCUT2D eigenvalue weighted by atomic mass is 10.1. The fraction of sp³-hybridized carbons (Fsp3) is 0.125. The number of phenolic OH excluding ortho intramolecular Hbond substituents is 1. The minimum absolute atomic E-state index is 0.0136. The van der Waals surface area contributed by atoms with E-state index < -0.39 is 17.6 Å². The van der Waals surface area contributed by atoms with Crippen molar-refractivity contribution in [2.24, 2.45) is 7.05 Å². The standard InChI is InChI=1S/C24H19F3N4O3/c1-31-14-16(13-30-31)21-11-19(8-9-28-21)34-18-6-7-22(32)20(10-18)23(33)29-12-15-2-4-17(5-3-15)24(25,26)27/h2-11,13-14,32H,12H2,1H3,(H,29,33). The first kappa shape index (κ1) is 22.8. The number of hydrogen-bond acceptors (Lipinski definition) is 5. The van der Waals surface area contributed by atoms with Crippen LogP contribution in [0.1, 0.15) is 21.5 Å². The van der Waals surface area contributed by atoms with Crippen molar-refractivity contribution in [3.8, 4) is 28.5 Å². The Balaban J connectivity index is 1.45. The lowest BCUT2D eigenvalue weighted by Gasteiger charge is -2.11. The maximum absolute atomic E-state index is 12.7. The molecule has 0 aliphatic heterocycles. The van der Waals surface area contributed by atoms with Crippen molar-refractivity contribution in [2.75, 3.05) is 0 Å². The van der Waals surface area contributed by atoms with Crippen LogP contribution in [0.15, 0.2) is 73.2 Å². The second-order valence-corrected chi connectivity index (χ2v) is 7.44. The van der Waals surface area contributed by atoms with Crippen LogP contribution >= 0.6 is 0 Å². The van der Waals surface area contributed by atoms with Crippen molar-refractivity contribution in [3.05, 3.63) is 89.9 Å². The lowest BCUT2D eigenvalue weighted by molar-refractivity contribution is -0.137. The molecule has 174 valence electrons. The van der Waals surface area contributed by atoms with Gasteiger partial charge in [0, 0.05) is 37.6 Å². The Labute approximate surface area is 192 Å². The van der Waals surface area contributed by atoms with Crippen LogP contribution in [0.4, 0.5) is 13.2 Å². The van der Waals surface area contributed by atoms with Crippen LogP contribution in [0.25, 0.3) is 11.3 Å². The van der Waals surface area contributed by atoms with Crippen LogP contribution in [0.5, 0.6) is 17.2 Å². The van der Waals surface area contributed by atoms with Gasteiger partial charge in [-0.3, -0.25) is 14.5 Å². The van der Waals surface area contributed by atoms with Crippen LogP contribution in [-0.2, 0) is 19.8 Å². The molecule has 4 aromatic rings. The number of aryl methyl sites for hydroxylation is 1. The monoisotopic (exact) mass is 468 g/mol. The van der Waals surface area contributed by atoms with Gasteiger partial charge in [0.05, 0.1) is 23.0 Å². The molecule has 7 nitrogen and oxygen atoms in total. The fourth-order valence-electron chi connectivity index (χ4n) is 3.17. The number of ether oxygens (including phenoxy) is 1. The fourth-order valence-corrected chi connectivity index (χ4v) is 3.17. The number of alkyl halides is 3. The number of phenols is 1. The van der Waals surface area contributed by atoms with E-state index >= 15 is 0 Å². The van der Waals surface area contributed by atoms with E-state index in [2.05, 4.69) is 15.4 Å². The Hall–Kier alpha value is -4.34. The van der Waals surface area contributed by atoms with Gasteiger partial charge >= 0.3 is 6.18 Å². The van der Waals surface area contributed by atoms with Crippen LogP contribution in [0, 0.1) is 0 Å². The van der Waals surface area contributed by atoms with Gasteiger partial charge in [-0.25, -0.2) is 0 Å². The maximum Gasteiger partial charge on any atom is 0.416 e. The highest BCUT2D eigenvalue weighted by Gasteiger charge is 2.29. The van der Waals surface area contributed by atoms with Gasteiger partial charge in [-0.05, 0) is 42.0 Å². The molecule has 0 atom stereocenters. The van der Waals surface area contributed by atoms with Gasteiger partial charge in [0.25, 0.3) is 5.91 Å². The summed E-state index contributed by atoms with van der Waals surface area (Å²) in [5.74, 6) is -0.0897. The third-order valence-electron chi connectivity index (χ3n) is 4.91. The van der Waals surface area contributed by atoms with E-state index in [1.165, 1.54) is 30.3 Å². The molecule has 2 heterocycles.